The number of nitrogens with one attached hydrogen (secondary N) is 2. The van der Waals surface area contributed by atoms with Crippen molar-refractivity contribution < 1.29 is 37.1 Å². The van der Waals surface area contributed by atoms with Crippen molar-refractivity contribution in [1.82, 2.24) is 25.0 Å². The number of ether oxygens (including phenoxy) is 1. The molecule has 4 aliphatic rings. The van der Waals surface area contributed by atoms with Gasteiger partial charge in [-0.05, 0) is 109 Å². The lowest BCUT2D eigenvalue weighted by Gasteiger charge is -2.44. The zero-order chi connectivity index (χ0) is 41.2. The average molecular weight is 847 g/mol. The molecule has 13 nitrogen and oxygen atoms in total. The number of carbonyl (C=O) groups is 4. The van der Waals surface area contributed by atoms with Gasteiger partial charge in [-0.1, -0.05) is 0 Å². The summed E-state index contributed by atoms with van der Waals surface area (Å²) in [5.74, 6) is -1.68. The number of carbonyl (C=O) groups excluding carboxylic acids is 4. The van der Waals surface area contributed by atoms with Gasteiger partial charge in [-0.2, -0.15) is 18.4 Å². The molecular formula is C40H50ClF3N8O5S. The standard InChI is InChI=1S/C40H49F3N8O5S.ClH/c1-24-21-48(22-25(2)49(24)23-35(53)46-27-7-14-33(45-20-27)31-13-15-34(52)47-36(31)54)16-5-17-56-30-11-9-28(10-12-30)51-38(57)50(37(55)39(51,3)4)29-8-6-26(19-44)32(18-29)40(41,42)43;/h6-8,14,18,20,24-25,28,30-31H,5,9-13,15-17,21-23H2,1-4H3,(H,46,53)(H,47,52,54);1H/t24-,25+,28?,30?,31?;. The second-order valence-electron chi connectivity index (χ2n) is 16.0. The first kappa shape index (κ1) is 44.9. The highest BCUT2D eigenvalue weighted by Gasteiger charge is 2.52. The number of hydrogen-bond donors (Lipinski definition) is 2. The molecule has 1 aromatic heterocycles. The summed E-state index contributed by atoms with van der Waals surface area (Å²) in [7, 11) is 0. The number of anilines is 2. The molecule has 1 saturated carbocycles. The molecule has 1 unspecified atom stereocenters. The molecule has 4 fully saturated rings. The normalized spacial score (nSPS) is 25.6. The maximum absolute atomic E-state index is 13.7. The Bertz CT molecular complexity index is 1910. The number of thiocarbonyl (C=S) groups is 1. The van der Waals surface area contributed by atoms with Crippen molar-refractivity contribution in [1.29, 1.82) is 5.26 Å². The SMILES string of the molecule is C[C@@H]1CN(CCCOC2CCC(N3C(=S)N(c4ccc(C#N)c(C(F)(F)F)c4)C(=O)C3(C)C)CC2)C[C@H](C)N1CC(=O)Nc1ccc(C2CCC(=O)NC2=O)nc1.Cl. The van der Waals surface area contributed by atoms with Crippen LogP contribution in [0.3, 0.4) is 0 Å². The summed E-state index contributed by atoms with van der Waals surface area (Å²) in [4.78, 5) is 62.2. The van der Waals surface area contributed by atoms with Crippen LogP contribution in [0.1, 0.15) is 95.4 Å². The lowest BCUT2D eigenvalue weighted by Crippen LogP contribution is -2.58. The third-order valence-electron chi connectivity index (χ3n) is 11.6. The molecule has 1 aliphatic carbocycles. The maximum Gasteiger partial charge on any atom is 0.417 e. The zero-order valence-corrected chi connectivity index (χ0v) is 34.6. The molecule has 4 amide bonds. The molecule has 2 aromatic rings. The summed E-state index contributed by atoms with van der Waals surface area (Å²) in [5, 5.41) is 14.6. The fourth-order valence-corrected chi connectivity index (χ4v) is 9.22. The van der Waals surface area contributed by atoms with Gasteiger partial charge in [0.2, 0.25) is 17.7 Å². The smallest absolute Gasteiger partial charge is 0.378 e. The Hall–Kier alpha value is -4.21. The lowest BCUT2D eigenvalue weighted by atomic mass is 9.89. The molecular weight excluding hydrogens is 797 g/mol. The molecule has 0 bridgehead atoms. The Kier molecular flexibility index (Phi) is 14.2. The van der Waals surface area contributed by atoms with E-state index >= 15 is 0 Å². The van der Waals surface area contributed by atoms with Crippen molar-refractivity contribution in [2.24, 2.45) is 0 Å². The van der Waals surface area contributed by atoms with E-state index in [-0.39, 0.29) is 78.1 Å². The largest absolute Gasteiger partial charge is 0.417 e. The van der Waals surface area contributed by atoms with Crippen LogP contribution in [0, 0.1) is 11.3 Å². The van der Waals surface area contributed by atoms with Gasteiger partial charge in [0.1, 0.15) is 5.54 Å². The third-order valence-corrected chi connectivity index (χ3v) is 11.9. The second kappa shape index (κ2) is 18.4. The number of aromatic nitrogens is 1. The highest BCUT2D eigenvalue weighted by molar-refractivity contribution is 7.80. The van der Waals surface area contributed by atoms with Crippen LogP contribution in [0.25, 0.3) is 0 Å². The topological polar surface area (TPSA) is 151 Å². The van der Waals surface area contributed by atoms with Crippen LogP contribution in [0.5, 0.6) is 0 Å². The molecule has 58 heavy (non-hydrogen) atoms. The van der Waals surface area contributed by atoms with Gasteiger partial charge in [0.25, 0.3) is 5.91 Å². The molecule has 4 heterocycles. The van der Waals surface area contributed by atoms with Gasteiger partial charge in [0.05, 0.1) is 59.0 Å². The molecule has 18 heteroatoms. The second-order valence-corrected chi connectivity index (χ2v) is 16.4. The van der Waals surface area contributed by atoms with Crippen molar-refractivity contribution in [3.8, 4) is 6.07 Å². The monoisotopic (exact) mass is 846 g/mol. The van der Waals surface area contributed by atoms with Crippen LogP contribution in [-0.2, 0) is 30.1 Å². The first-order chi connectivity index (χ1) is 27.0. The van der Waals surface area contributed by atoms with Gasteiger partial charge in [0.15, 0.2) is 5.11 Å². The Labute approximate surface area is 348 Å². The van der Waals surface area contributed by atoms with Gasteiger partial charge >= 0.3 is 6.18 Å². The third kappa shape index (κ3) is 9.79. The number of pyridine rings is 1. The molecule has 3 atom stereocenters. The average Bonchev–Trinajstić information content (AvgIpc) is 3.33. The first-order valence-corrected chi connectivity index (χ1v) is 19.9. The van der Waals surface area contributed by atoms with E-state index in [1.807, 2.05) is 4.90 Å². The highest BCUT2D eigenvalue weighted by Crippen LogP contribution is 2.41. The number of imide groups is 1. The Morgan fingerprint density at radius 2 is 1.76 bits per heavy atom. The van der Waals surface area contributed by atoms with Crippen molar-refractivity contribution in [3.05, 3.63) is 53.3 Å². The van der Waals surface area contributed by atoms with E-state index in [4.69, 9.17) is 17.0 Å². The summed E-state index contributed by atoms with van der Waals surface area (Å²) in [6.45, 7) is 11.0. The quantitative estimate of drug-likeness (QED) is 0.171. The van der Waals surface area contributed by atoms with Crippen LogP contribution in [0.4, 0.5) is 24.5 Å². The van der Waals surface area contributed by atoms with E-state index in [1.54, 1.807) is 32.0 Å². The Morgan fingerprint density at radius 3 is 2.36 bits per heavy atom. The fraction of sp³-hybridized carbons (Fsp3) is 0.575. The number of halogens is 4. The number of rotatable bonds is 11. The predicted molar refractivity (Wildman–Crippen MR) is 216 cm³/mol. The van der Waals surface area contributed by atoms with E-state index in [2.05, 4.69) is 39.3 Å². The number of nitriles is 1. The summed E-state index contributed by atoms with van der Waals surface area (Å²) < 4.78 is 47.4. The molecule has 0 spiro atoms. The molecule has 0 radical (unpaired) electrons. The number of piperidine rings is 1. The van der Waals surface area contributed by atoms with E-state index in [0.717, 1.165) is 55.9 Å². The minimum absolute atomic E-state index is 0. The minimum atomic E-state index is -4.76. The summed E-state index contributed by atoms with van der Waals surface area (Å²) in [6, 6.07) is 8.45. The molecule has 6 rings (SSSR count). The van der Waals surface area contributed by atoms with Crippen LogP contribution in [-0.4, -0.2) is 111 Å². The Balaban J connectivity index is 0.00000641. The summed E-state index contributed by atoms with van der Waals surface area (Å²) in [6.07, 6.45) is 1.31. The van der Waals surface area contributed by atoms with Crippen molar-refractivity contribution >= 4 is 64.7 Å². The molecule has 3 saturated heterocycles. The maximum atomic E-state index is 13.7. The van der Waals surface area contributed by atoms with Crippen molar-refractivity contribution in [2.75, 3.05) is 43.0 Å². The minimum Gasteiger partial charge on any atom is -0.378 e. The fourth-order valence-electron chi connectivity index (χ4n) is 8.65. The van der Waals surface area contributed by atoms with Crippen LogP contribution < -0.4 is 15.5 Å². The van der Waals surface area contributed by atoms with Gasteiger partial charge in [-0.3, -0.25) is 39.3 Å². The lowest BCUT2D eigenvalue weighted by molar-refractivity contribution is -0.138. The number of nitrogens with zero attached hydrogens (tertiary/aromatic N) is 6. The van der Waals surface area contributed by atoms with Gasteiger partial charge in [0, 0.05) is 50.8 Å². The van der Waals surface area contributed by atoms with E-state index in [0.29, 0.717) is 37.3 Å². The van der Waals surface area contributed by atoms with Crippen LogP contribution in [0.2, 0.25) is 0 Å². The predicted octanol–water partition coefficient (Wildman–Crippen LogP) is 5.38. The Morgan fingerprint density at radius 1 is 1.07 bits per heavy atom. The first-order valence-electron chi connectivity index (χ1n) is 19.5. The molecule has 314 valence electrons. The molecule has 3 aliphatic heterocycles. The zero-order valence-electron chi connectivity index (χ0n) is 33.0. The summed E-state index contributed by atoms with van der Waals surface area (Å²) >= 11 is 5.73. The molecule has 2 N–H and O–H groups in total. The van der Waals surface area contributed by atoms with E-state index in [1.165, 1.54) is 12.3 Å². The van der Waals surface area contributed by atoms with Crippen LogP contribution in [0.15, 0.2) is 36.5 Å². The van der Waals surface area contributed by atoms with Gasteiger partial charge < -0.3 is 19.9 Å². The van der Waals surface area contributed by atoms with Gasteiger partial charge in [-0.25, -0.2) is 0 Å². The van der Waals surface area contributed by atoms with E-state index < -0.39 is 34.7 Å². The van der Waals surface area contributed by atoms with Gasteiger partial charge in [-0.15, -0.1) is 12.4 Å². The molecule has 1 aromatic carbocycles. The number of amides is 4. The van der Waals surface area contributed by atoms with Crippen LogP contribution >= 0.6 is 24.6 Å². The number of benzene rings is 1. The number of piperazine rings is 1. The number of alkyl halides is 3. The highest BCUT2D eigenvalue weighted by atomic mass is 35.5. The number of hydrogen-bond acceptors (Lipinski definition) is 10. The van der Waals surface area contributed by atoms with Crippen molar-refractivity contribution in [2.45, 2.75) is 115 Å². The van der Waals surface area contributed by atoms with E-state index in [9.17, 15) is 37.6 Å². The summed E-state index contributed by atoms with van der Waals surface area (Å²) in [5.41, 5.74) is -1.59. The van der Waals surface area contributed by atoms with Crippen molar-refractivity contribution in [3.63, 3.8) is 0 Å².